The molecule has 0 saturated carbocycles. The number of hydrogen-bond acceptors (Lipinski definition) is 3. The fourth-order valence-corrected chi connectivity index (χ4v) is 2.15. The Hall–Kier alpha value is -1.51. The van der Waals surface area contributed by atoms with Crippen LogP contribution in [0.25, 0.3) is 0 Å². The monoisotopic (exact) mass is 448 g/mol. The summed E-state index contributed by atoms with van der Waals surface area (Å²) in [4.78, 5) is 16.0. The maximum absolute atomic E-state index is 12.0. The van der Waals surface area contributed by atoms with Crippen molar-refractivity contribution in [2.24, 2.45) is 4.99 Å². The van der Waals surface area contributed by atoms with E-state index in [1.165, 1.54) is 0 Å². The summed E-state index contributed by atoms with van der Waals surface area (Å²) in [7, 11) is 3.52. The molecule has 0 spiro atoms. The zero-order valence-corrected chi connectivity index (χ0v) is 17.2. The standard InChI is InChI=1S/C17H28N4O2.HI/c1-5-23-15-10-8-14(9-11-15)13(2)21-16(22)7-6-12-20-17(18-3)19-4;/h8-11,13H,5-7,12H2,1-4H3,(H,21,22)(H2,18,19,20);1H. The van der Waals surface area contributed by atoms with Crippen molar-refractivity contribution in [2.45, 2.75) is 32.7 Å². The van der Waals surface area contributed by atoms with E-state index in [2.05, 4.69) is 20.9 Å². The number of amides is 1. The van der Waals surface area contributed by atoms with Crippen LogP contribution in [-0.4, -0.2) is 39.1 Å². The molecule has 3 N–H and O–H groups in total. The van der Waals surface area contributed by atoms with Crippen molar-refractivity contribution in [3.8, 4) is 5.75 Å². The normalized spacial score (nSPS) is 11.9. The van der Waals surface area contributed by atoms with Crippen LogP contribution in [0.5, 0.6) is 5.75 Å². The van der Waals surface area contributed by atoms with Gasteiger partial charge in [-0.05, 0) is 38.0 Å². The summed E-state index contributed by atoms with van der Waals surface area (Å²) in [6.07, 6.45) is 1.23. The van der Waals surface area contributed by atoms with Gasteiger partial charge >= 0.3 is 0 Å². The largest absolute Gasteiger partial charge is 0.494 e. The molecule has 1 atom stereocenters. The third kappa shape index (κ3) is 8.37. The molecule has 136 valence electrons. The van der Waals surface area contributed by atoms with Crippen molar-refractivity contribution >= 4 is 35.8 Å². The van der Waals surface area contributed by atoms with Crippen LogP contribution < -0.4 is 20.7 Å². The van der Waals surface area contributed by atoms with Crippen LogP contribution >= 0.6 is 24.0 Å². The van der Waals surface area contributed by atoms with E-state index in [0.717, 1.165) is 23.7 Å². The highest BCUT2D eigenvalue weighted by atomic mass is 127. The van der Waals surface area contributed by atoms with Crippen LogP contribution in [0.15, 0.2) is 29.3 Å². The van der Waals surface area contributed by atoms with Gasteiger partial charge in [-0.15, -0.1) is 24.0 Å². The predicted octanol–water partition coefficient (Wildman–Crippen LogP) is 2.46. The summed E-state index contributed by atoms with van der Waals surface area (Å²) in [6, 6.07) is 7.79. The molecule has 7 heteroatoms. The molecule has 1 aromatic carbocycles. The van der Waals surface area contributed by atoms with Gasteiger partial charge in [0.1, 0.15) is 5.75 Å². The van der Waals surface area contributed by atoms with E-state index in [4.69, 9.17) is 4.74 Å². The van der Waals surface area contributed by atoms with Gasteiger partial charge in [-0.3, -0.25) is 9.79 Å². The fourth-order valence-electron chi connectivity index (χ4n) is 2.15. The molecule has 0 fully saturated rings. The molecular weight excluding hydrogens is 419 g/mol. The molecule has 1 aromatic rings. The van der Waals surface area contributed by atoms with Gasteiger partial charge in [0.25, 0.3) is 0 Å². The molecule has 0 radical (unpaired) electrons. The van der Waals surface area contributed by atoms with Crippen molar-refractivity contribution in [3.05, 3.63) is 29.8 Å². The van der Waals surface area contributed by atoms with Crippen LogP contribution in [0, 0.1) is 0 Å². The lowest BCUT2D eigenvalue weighted by molar-refractivity contribution is -0.121. The van der Waals surface area contributed by atoms with E-state index in [9.17, 15) is 4.79 Å². The molecule has 0 heterocycles. The zero-order valence-electron chi connectivity index (χ0n) is 14.9. The Bertz CT molecular complexity index is 506. The second-order valence-corrected chi connectivity index (χ2v) is 5.14. The Morgan fingerprint density at radius 2 is 1.96 bits per heavy atom. The Morgan fingerprint density at radius 3 is 2.50 bits per heavy atom. The highest BCUT2D eigenvalue weighted by molar-refractivity contribution is 14.0. The third-order valence-electron chi connectivity index (χ3n) is 3.40. The van der Waals surface area contributed by atoms with Crippen LogP contribution in [0.1, 0.15) is 38.3 Å². The predicted molar refractivity (Wildman–Crippen MR) is 109 cm³/mol. The van der Waals surface area contributed by atoms with E-state index in [1.54, 1.807) is 14.1 Å². The van der Waals surface area contributed by atoms with Gasteiger partial charge in [-0.1, -0.05) is 12.1 Å². The number of nitrogens with one attached hydrogen (secondary N) is 3. The second kappa shape index (κ2) is 12.9. The smallest absolute Gasteiger partial charge is 0.220 e. The fraction of sp³-hybridized carbons (Fsp3) is 0.529. The Morgan fingerprint density at radius 1 is 1.29 bits per heavy atom. The lowest BCUT2D eigenvalue weighted by atomic mass is 10.1. The number of carbonyl (C=O) groups excluding carboxylic acids is 1. The second-order valence-electron chi connectivity index (χ2n) is 5.14. The van der Waals surface area contributed by atoms with E-state index in [0.29, 0.717) is 19.6 Å². The highest BCUT2D eigenvalue weighted by Gasteiger charge is 2.09. The average molecular weight is 448 g/mol. The number of ether oxygens (including phenoxy) is 1. The zero-order chi connectivity index (χ0) is 17.1. The highest BCUT2D eigenvalue weighted by Crippen LogP contribution is 2.17. The van der Waals surface area contributed by atoms with Crippen LogP contribution in [0.2, 0.25) is 0 Å². The molecule has 0 aliphatic heterocycles. The first-order chi connectivity index (χ1) is 11.1. The Kier molecular flexibility index (Phi) is 12.0. The molecule has 0 aliphatic rings. The SMILES string of the molecule is CCOc1ccc(C(C)NC(=O)CCCNC(=NC)NC)cc1.I. The van der Waals surface area contributed by atoms with E-state index < -0.39 is 0 Å². The van der Waals surface area contributed by atoms with E-state index in [-0.39, 0.29) is 35.9 Å². The third-order valence-corrected chi connectivity index (χ3v) is 3.40. The number of aliphatic imine (C=N–C) groups is 1. The van der Waals surface area contributed by atoms with Crippen molar-refractivity contribution in [2.75, 3.05) is 27.2 Å². The lowest BCUT2D eigenvalue weighted by Crippen LogP contribution is -2.35. The van der Waals surface area contributed by atoms with Gasteiger partial charge in [0.05, 0.1) is 12.6 Å². The van der Waals surface area contributed by atoms with Crippen molar-refractivity contribution in [1.82, 2.24) is 16.0 Å². The number of hydrogen-bond donors (Lipinski definition) is 3. The van der Waals surface area contributed by atoms with Crippen LogP contribution in [-0.2, 0) is 4.79 Å². The number of guanidine groups is 1. The minimum atomic E-state index is -0.0174. The molecule has 1 rings (SSSR count). The summed E-state index contributed by atoms with van der Waals surface area (Å²) < 4.78 is 5.42. The molecule has 1 amide bonds. The first-order valence-corrected chi connectivity index (χ1v) is 8.01. The number of carbonyl (C=O) groups is 1. The van der Waals surface area contributed by atoms with Crippen molar-refractivity contribution in [3.63, 3.8) is 0 Å². The van der Waals surface area contributed by atoms with Crippen molar-refractivity contribution in [1.29, 1.82) is 0 Å². The number of benzene rings is 1. The molecule has 0 bridgehead atoms. The molecular formula is C17H29IN4O2. The van der Waals surface area contributed by atoms with Crippen LogP contribution in [0.4, 0.5) is 0 Å². The van der Waals surface area contributed by atoms with Gasteiger partial charge < -0.3 is 20.7 Å². The van der Waals surface area contributed by atoms with Gasteiger partial charge in [0.15, 0.2) is 5.96 Å². The first kappa shape index (κ1) is 22.5. The maximum atomic E-state index is 12.0. The lowest BCUT2D eigenvalue weighted by Gasteiger charge is -2.15. The Labute approximate surface area is 161 Å². The molecule has 1 unspecified atom stereocenters. The minimum Gasteiger partial charge on any atom is -0.494 e. The molecule has 0 aromatic heterocycles. The maximum Gasteiger partial charge on any atom is 0.220 e. The summed E-state index contributed by atoms with van der Waals surface area (Å²) in [5.41, 5.74) is 1.07. The first-order valence-electron chi connectivity index (χ1n) is 8.01. The summed E-state index contributed by atoms with van der Waals surface area (Å²) in [5.74, 6) is 1.62. The molecule has 24 heavy (non-hydrogen) atoms. The molecule has 0 aliphatic carbocycles. The van der Waals surface area contributed by atoms with Gasteiger partial charge in [-0.2, -0.15) is 0 Å². The van der Waals surface area contributed by atoms with E-state index >= 15 is 0 Å². The summed E-state index contributed by atoms with van der Waals surface area (Å²) in [5, 5.41) is 9.07. The average Bonchev–Trinajstić information content (AvgIpc) is 2.56. The number of halogens is 1. The number of nitrogens with zero attached hydrogens (tertiary/aromatic N) is 1. The quantitative estimate of drug-likeness (QED) is 0.247. The van der Waals surface area contributed by atoms with Crippen LogP contribution in [0.3, 0.4) is 0 Å². The molecule has 6 nitrogen and oxygen atoms in total. The van der Waals surface area contributed by atoms with Crippen molar-refractivity contribution < 1.29 is 9.53 Å². The Balaban J connectivity index is 0.00000529. The number of rotatable bonds is 8. The minimum absolute atomic E-state index is 0. The van der Waals surface area contributed by atoms with E-state index in [1.807, 2.05) is 38.1 Å². The van der Waals surface area contributed by atoms with Gasteiger partial charge in [0.2, 0.25) is 5.91 Å². The summed E-state index contributed by atoms with van der Waals surface area (Å²) in [6.45, 7) is 5.29. The molecule has 0 saturated heterocycles. The van der Waals surface area contributed by atoms with Gasteiger partial charge in [0, 0.05) is 27.1 Å². The topological polar surface area (TPSA) is 74.8 Å². The summed E-state index contributed by atoms with van der Waals surface area (Å²) >= 11 is 0. The van der Waals surface area contributed by atoms with Gasteiger partial charge in [-0.25, -0.2) is 0 Å².